The Bertz CT molecular complexity index is 1250. The molecule has 242 valence electrons. The van der Waals surface area contributed by atoms with E-state index in [0.29, 0.717) is 25.7 Å². The molecule has 4 nitrogen and oxygen atoms in total. The second-order valence-corrected chi connectivity index (χ2v) is 17.3. The van der Waals surface area contributed by atoms with Crippen molar-refractivity contribution in [1.29, 1.82) is 0 Å². The molecule has 0 radical (unpaired) electrons. The van der Waals surface area contributed by atoms with Crippen LogP contribution in [0.25, 0.3) is 6.08 Å². The molecule has 4 aliphatic rings. The molecule has 0 aromatic heterocycles. The summed E-state index contributed by atoms with van der Waals surface area (Å²) in [6, 6.07) is 3.59. The molecule has 4 N–H and O–H groups in total. The van der Waals surface area contributed by atoms with Crippen LogP contribution in [0.3, 0.4) is 0 Å². The van der Waals surface area contributed by atoms with E-state index in [1.807, 2.05) is 6.92 Å². The monoisotopic (exact) mass is 602 g/mol. The molecule has 1 aromatic carbocycles. The highest BCUT2D eigenvalue weighted by molar-refractivity contribution is 5.56. The second kappa shape index (κ2) is 10.6. The number of aliphatic hydroxyl groups excluding tert-OH is 2. The minimum atomic E-state index is -0.926. The maximum atomic E-state index is 14.8. The summed E-state index contributed by atoms with van der Waals surface area (Å²) in [4.78, 5) is 0. The molecule has 4 aliphatic carbocycles. The summed E-state index contributed by atoms with van der Waals surface area (Å²) in [5, 5.41) is 45.8. The molecule has 0 bridgehead atoms. The Balaban J connectivity index is 1.49. The van der Waals surface area contributed by atoms with Gasteiger partial charge in [0.25, 0.3) is 0 Å². The van der Waals surface area contributed by atoms with Crippen molar-refractivity contribution in [2.75, 3.05) is 0 Å². The summed E-state index contributed by atoms with van der Waals surface area (Å²) in [7, 11) is 0. The van der Waals surface area contributed by atoms with Crippen LogP contribution in [0.1, 0.15) is 119 Å². The molecule has 43 heavy (non-hydrogen) atoms. The van der Waals surface area contributed by atoms with Crippen LogP contribution in [0.5, 0.6) is 0 Å². The molecule has 0 saturated heterocycles. The number of halogens is 2. The van der Waals surface area contributed by atoms with Crippen LogP contribution < -0.4 is 0 Å². The van der Waals surface area contributed by atoms with Gasteiger partial charge in [-0.3, -0.25) is 0 Å². The first-order chi connectivity index (χ1) is 19.7. The lowest BCUT2D eigenvalue weighted by molar-refractivity contribution is -0.238. The number of aliphatic hydroxyl groups is 4. The number of hydrogen-bond acceptors (Lipinski definition) is 4. The fraction of sp³-hybridized carbons (Fsp3) is 0.784. The van der Waals surface area contributed by atoms with Gasteiger partial charge in [0.05, 0.1) is 23.4 Å². The van der Waals surface area contributed by atoms with Gasteiger partial charge in [-0.2, -0.15) is 0 Å². The highest BCUT2D eigenvalue weighted by Crippen LogP contribution is 2.76. The maximum absolute atomic E-state index is 14.8. The van der Waals surface area contributed by atoms with Gasteiger partial charge in [-0.25, -0.2) is 8.78 Å². The first kappa shape index (κ1) is 33.0. The minimum absolute atomic E-state index is 0.0147. The van der Waals surface area contributed by atoms with Crippen molar-refractivity contribution in [2.24, 2.45) is 45.3 Å². The van der Waals surface area contributed by atoms with Crippen molar-refractivity contribution in [2.45, 2.75) is 137 Å². The normalized spacial score (nSPS) is 43.1. The number of rotatable bonds is 6. The number of fused-ring (bicyclic) bond motifs is 5. The Morgan fingerprint density at radius 2 is 1.56 bits per heavy atom. The van der Waals surface area contributed by atoms with Gasteiger partial charge in [-0.1, -0.05) is 40.7 Å². The molecular formula is C37H56F2O4. The molecule has 5 rings (SSSR count). The van der Waals surface area contributed by atoms with Gasteiger partial charge in [-0.05, 0) is 142 Å². The average molecular weight is 603 g/mol. The SMILES string of the molecule is CC(C)(O)CCC[C@@](C)(O)[C@H]1CC[C@]2(C)[C@@H]1[C@H](O)C[C@@H]1[C@@]3(C)C/C(=C\c4ccc(F)cc4F)[C@H](O)C(C)(C)[C@@H]3CC[C@]12C. The molecule has 0 amide bonds. The van der Waals surface area contributed by atoms with E-state index in [-0.39, 0.29) is 45.5 Å². The smallest absolute Gasteiger partial charge is 0.133 e. The van der Waals surface area contributed by atoms with Crippen molar-refractivity contribution in [3.63, 3.8) is 0 Å². The standard InChI is InChI=1S/C37H56F2O4/c1-32(2,42)14-9-15-37(8,43)25-12-16-36(7)30(25)27(40)20-29-34(5)21-23(18-22-10-11-24(38)19-26(22)39)31(41)33(3,4)28(34)13-17-35(29,36)6/h10-11,18-19,25,27-31,40-43H,9,12-17,20-21H2,1-8H3/b23-18+/t25-,27+,28-,29+,30-,31-,34-,35+,36+,37+/m0/s1. The molecule has 10 atom stereocenters. The minimum Gasteiger partial charge on any atom is -0.393 e. The Morgan fingerprint density at radius 1 is 0.907 bits per heavy atom. The summed E-state index contributed by atoms with van der Waals surface area (Å²) in [5.41, 5.74) is -1.57. The third-order valence-corrected chi connectivity index (χ3v) is 13.8. The van der Waals surface area contributed by atoms with E-state index < -0.39 is 40.5 Å². The van der Waals surface area contributed by atoms with Crippen LogP contribution in [0, 0.1) is 57.0 Å². The maximum Gasteiger partial charge on any atom is 0.133 e. The van der Waals surface area contributed by atoms with E-state index in [1.54, 1.807) is 19.9 Å². The van der Waals surface area contributed by atoms with Gasteiger partial charge in [0, 0.05) is 11.6 Å². The van der Waals surface area contributed by atoms with Gasteiger partial charge in [0.15, 0.2) is 0 Å². The zero-order chi connectivity index (χ0) is 32.0. The summed E-state index contributed by atoms with van der Waals surface area (Å²) >= 11 is 0. The van der Waals surface area contributed by atoms with Crippen LogP contribution in [-0.2, 0) is 0 Å². The van der Waals surface area contributed by atoms with E-state index in [2.05, 4.69) is 34.6 Å². The number of benzene rings is 1. The topological polar surface area (TPSA) is 80.9 Å². The van der Waals surface area contributed by atoms with Gasteiger partial charge in [-0.15, -0.1) is 0 Å². The fourth-order valence-corrected chi connectivity index (χ4v) is 11.5. The van der Waals surface area contributed by atoms with Crippen molar-refractivity contribution >= 4 is 6.08 Å². The molecule has 4 saturated carbocycles. The van der Waals surface area contributed by atoms with Gasteiger partial charge in [0.2, 0.25) is 0 Å². The zero-order valence-corrected chi connectivity index (χ0v) is 27.7. The molecule has 0 aliphatic heterocycles. The molecule has 1 aromatic rings. The first-order valence-corrected chi connectivity index (χ1v) is 16.6. The van der Waals surface area contributed by atoms with Crippen molar-refractivity contribution < 1.29 is 29.2 Å². The average Bonchev–Trinajstić information content (AvgIpc) is 3.25. The van der Waals surface area contributed by atoms with Crippen LogP contribution in [-0.4, -0.2) is 43.8 Å². The third kappa shape index (κ3) is 5.24. The highest BCUT2D eigenvalue weighted by Gasteiger charge is 2.71. The summed E-state index contributed by atoms with van der Waals surface area (Å²) in [6.07, 6.45) is 7.43. The van der Waals surface area contributed by atoms with Crippen LogP contribution in [0.4, 0.5) is 8.78 Å². The number of hydrogen-bond donors (Lipinski definition) is 4. The summed E-state index contributed by atoms with van der Waals surface area (Å²) in [5.74, 6) is -0.881. The van der Waals surface area contributed by atoms with E-state index in [0.717, 1.165) is 43.7 Å². The Morgan fingerprint density at radius 3 is 2.19 bits per heavy atom. The van der Waals surface area contributed by atoms with Gasteiger partial charge < -0.3 is 20.4 Å². The van der Waals surface area contributed by atoms with Crippen LogP contribution in [0.15, 0.2) is 23.8 Å². The fourth-order valence-electron chi connectivity index (χ4n) is 11.5. The highest BCUT2D eigenvalue weighted by atomic mass is 19.1. The Hall–Kier alpha value is -1.34. The Labute approximate surface area is 258 Å². The molecule has 0 heterocycles. The lowest BCUT2D eigenvalue weighted by Gasteiger charge is -2.70. The predicted octanol–water partition coefficient (Wildman–Crippen LogP) is 7.67. The molecule has 0 spiro atoms. The van der Waals surface area contributed by atoms with Gasteiger partial charge >= 0.3 is 0 Å². The molecule has 0 unspecified atom stereocenters. The van der Waals surface area contributed by atoms with Crippen LogP contribution >= 0.6 is 0 Å². The predicted molar refractivity (Wildman–Crippen MR) is 167 cm³/mol. The third-order valence-electron chi connectivity index (χ3n) is 13.8. The van der Waals surface area contributed by atoms with E-state index >= 15 is 0 Å². The van der Waals surface area contributed by atoms with Crippen molar-refractivity contribution in [3.05, 3.63) is 41.0 Å². The van der Waals surface area contributed by atoms with E-state index in [1.165, 1.54) is 12.1 Å². The van der Waals surface area contributed by atoms with Crippen molar-refractivity contribution in [3.8, 4) is 0 Å². The molecular weight excluding hydrogens is 546 g/mol. The zero-order valence-electron chi connectivity index (χ0n) is 27.7. The first-order valence-electron chi connectivity index (χ1n) is 16.6. The Kier molecular flexibility index (Phi) is 8.15. The summed E-state index contributed by atoms with van der Waals surface area (Å²) in [6.45, 7) is 16.9. The van der Waals surface area contributed by atoms with E-state index in [9.17, 15) is 29.2 Å². The van der Waals surface area contributed by atoms with Crippen molar-refractivity contribution in [1.82, 2.24) is 0 Å². The lowest BCUT2D eigenvalue weighted by atomic mass is 9.34. The second-order valence-electron chi connectivity index (χ2n) is 17.3. The van der Waals surface area contributed by atoms with Gasteiger partial charge in [0.1, 0.15) is 11.6 Å². The van der Waals surface area contributed by atoms with E-state index in [4.69, 9.17) is 0 Å². The quantitative estimate of drug-likeness (QED) is 0.269. The largest absolute Gasteiger partial charge is 0.393 e. The molecule has 6 heteroatoms. The lowest BCUT2D eigenvalue weighted by Crippen LogP contribution is -2.66. The molecule has 4 fully saturated rings. The van der Waals surface area contributed by atoms with Crippen LogP contribution in [0.2, 0.25) is 0 Å². The summed E-state index contributed by atoms with van der Waals surface area (Å²) < 4.78 is 28.4.